The summed E-state index contributed by atoms with van der Waals surface area (Å²) in [5, 5.41) is 0. The van der Waals surface area contributed by atoms with Crippen molar-refractivity contribution in [2.75, 3.05) is 13.2 Å². The Bertz CT molecular complexity index is 414. The highest BCUT2D eigenvalue weighted by atomic mass is 32.3. The van der Waals surface area contributed by atoms with E-state index in [0.717, 1.165) is 0 Å². The zero-order valence-electron chi connectivity index (χ0n) is 9.59. The van der Waals surface area contributed by atoms with Crippen molar-refractivity contribution in [1.29, 1.82) is 0 Å². The molecule has 0 aliphatic heterocycles. The molecular formula is C7H13O7S2Si-. The Balaban J connectivity index is 4.00. The van der Waals surface area contributed by atoms with Gasteiger partial charge in [-0.3, -0.25) is 8.06 Å². The number of hydrogen-bond donors (Lipinski definition) is 0. The number of hydrogen-bond acceptors (Lipinski definition) is 7. The molecule has 0 saturated carbocycles. The minimum atomic E-state index is -4.05. The van der Waals surface area contributed by atoms with E-state index in [1.54, 1.807) is 19.6 Å². The summed E-state index contributed by atoms with van der Waals surface area (Å²) in [7, 11) is -6.30. The van der Waals surface area contributed by atoms with Gasteiger partial charge in [0.1, 0.15) is 13.2 Å². The fraction of sp³-hybridized carbons (Fsp3) is 0.714. The molecule has 0 rings (SSSR count). The zero-order chi connectivity index (χ0) is 13.5. The van der Waals surface area contributed by atoms with Gasteiger partial charge in [0.25, 0.3) is 0 Å². The van der Waals surface area contributed by atoms with Crippen LogP contribution in [0.1, 0.15) is 0 Å². The van der Waals surface area contributed by atoms with E-state index >= 15 is 0 Å². The molecule has 0 heterocycles. The Morgan fingerprint density at radius 1 is 1.24 bits per heavy atom. The van der Waals surface area contributed by atoms with Gasteiger partial charge in [-0.15, -0.1) is 0 Å². The molecule has 10 heteroatoms. The van der Waals surface area contributed by atoms with Crippen molar-refractivity contribution >= 4 is 30.1 Å². The van der Waals surface area contributed by atoms with Crippen LogP contribution >= 0.6 is 0 Å². The maximum absolute atomic E-state index is 11.2. The summed E-state index contributed by atoms with van der Waals surface area (Å²) in [4.78, 5) is 0. The summed E-state index contributed by atoms with van der Waals surface area (Å²) in [5.41, 5.74) is 0. The van der Waals surface area contributed by atoms with Crippen molar-refractivity contribution in [2.45, 2.75) is 19.6 Å². The second-order valence-electron chi connectivity index (χ2n) is 3.69. The lowest BCUT2D eigenvalue weighted by atomic mass is 10.6. The van der Waals surface area contributed by atoms with Crippen LogP contribution in [0.4, 0.5) is 0 Å². The van der Waals surface area contributed by atoms with Gasteiger partial charge in [0.2, 0.25) is 8.32 Å². The third kappa shape index (κ3) is 12.0. The van der Waals surface area contributed by atoms with Crippen LogP contribution in [0.25, 0.3) is 0 Å². The summed E-state index contributed by atoms with van der Waals surface area (Å²) < 4.78 is 55.4. The Kier molecular flexibility index (Phi) is 7.10. The smallest absolute Gasteiger partial charge is 0.391 e. The van der Waals surface area contributed by atoms with Crippen LogP contribution in [0.3, 0.4) is 0 Å². The second kappa shape index (κ2) is 7.22. The maximum atomic E-state index is 11.2. The van der Waals surface area contributed by atoms with Crippen LogP contribution in [0.15, 0.2) is 0 Å². The van der Waals surface area contributed by atoms with E-state index in [0.29, 0.717) is 0 Å². The summed E-state index contributed by atoms with van der Waals surface area (Å²) in [6, 6.07) is 0. The normalized spacial score (nSPS) is 13.9. The highest BCUT2D eigenvalue weighted by molar-refractivity contribution is 7.83. The average molecular weight is 301 g/mol. The number of rotatable bonds is 6. The van der Waals surface area contributed by atoms with E-state index in [1.165, 1.54) is 0 Å². The van der Waals surface area contributed by atoms with Crippen LogP contribution in [0.5, 0.6) is 0 Å². The van der Waals surface area contributed by atoms with Gasteiger partial charge < -0.3 is 4.55 Å². The van der Waals surface area contributed by atoms with Gasteiger partial charge in [0.15, 0.2) is 0 Å². The molecule has 0 spiro atoms. The van der Waals surface area contributed by atoms with Gasteiger partial charge in [-0.1, -0.05) is 11.8 Å². The third-order valence-corrected chi connectivity index (χ3v) is 4.51. The lowest BCUT2D eigenvalue weighted by molar-refractivity contribution is 0.303. The first-order valence-electron chi connectivity index (χ1n) is 4.41. The first kappa shape index (κ1) is 16.7. The molecule has 1 unspecified atom stereocenters. The molecule has 17 heavy (non-hydrogen) atoms. The maximum Gasteiger partial charge on any atom is 0.391 e. The van der Waals surface area contributed by atoms with E-state index in [-0.39, 0.29) is 6.61 Å². The second-order valence-corrected chi connectivity index (χ2v) is 10.3. The molecule has 0 radical (unpaired) electrons. The fourth-order valence-electron chi connectivity index (χ4n) is 0.612. The van der Waals surface area contributed by atoms with Crippen molar-refractivity contribution in [2.24, 2.45) is 0 Å². The summed E-state index contributed by atoms with van der Waals surface area (Å²) in [5.74, 6) is 4.52. The molecule has 0 aliphatic rings. The quantitative estimate of drug-likeness (QED) is 0.384. The van der Waals surface area contributed by atoms with E-state index < -0.39 is 36.7 Å². The Hall–Kier alpha value is -0.283. The van der Waals surface area contributed by atoms with Crippen molar-refractivity contribution in [1.82, 2.24) is 0 Å². The van der Waals surface area contributed by atoms with Crippen LogP contribution in [0, 0.1) is 11.8 Å². The topological polar surface area (TPSA) is 102 Å². The molecule has 0 saturated heterocycles. The molecule has 100 valence electrons. The molecule has 0 aliphatic carbocycles. The van der Waals surface area contributed by atoms with Crippen LogP contribution < -0.4 is 0 Å². The van der Waals surface area contributed by atoms with Gasteiger partial charge in [0, 0.05) is 0 Å². The Morgan fingerprint density at radius 2 is 1.76 bits per heavy atom. The first-order chi connectivity index (χ1) is 7.62. The minimum absolute atomic E-state index is 0.353. The Labute approximate surface area is 104 Å². The molecule has 0 aromatic carbocycles. The molecular weight excluding hydrogens is 288 g/mol. The van der Waals surface area contributed by atoms with Gasteiger partial charge in [-0.2, -0.15) is 8.42 Å². The lowest BCUT2D eigenvalue weighted by Crippen LogP contribution is -2.30. The molecule has 0 bridgehead atoms. The average Bonchev–Trinajstić information content (AvgIpc) is 2.06. The van der Waals surface area contributed by atoms with Gasteiger partial charge in [-0.05, 0) is 19.6 Å². The first-order valence-corrected chi connectivity index (χ1v) is 10.1. The lowest BCUT2D eigenvalue weighted by Gasteiger charge is -2.15. The van der Waals surface area contributed by atoms with E-state index in [2.05, 4.69) is 20.2 Å². The molecule has 0 N–H and O–H groups in total. The fourth-order valence-corrected chi connectivity index (χ4v) is 3.61. The van der Waals surface area contributed by atoms with Crippen molar-refractivity contribution in [3.63, 3.8) is 0 Å². The highest BCUT2D eigenvalue weighted by Crippen LogP contribution is 2.08. The molecule has 1 atom stereocenters. The molecule has 0 aromatic heterocycles. The molecule has 0 amide bonds. The van der Waals surface area contributed by atoms with Crippen molar-refractivity contribution < 1.29 is 29.4 Å². The van der Waals surface area contributed by atoms with Crippen molar-refractivity contribution in [3.05, 3.63) is 0 Å². The minimum Gasteiger partial charge on any atom is -0.750 e. The summed E-state index contributed by atoms with van der Waals surface area (Å²) in [6.45, 7) is 4.31. The largest absolute Gasteiger partial charge is 0.750 e. The molecule has 7 nitrogen and oxygen atoms in total. The SMILES string of the molecule is C[Si](C)(C)OS(=O)(=O)OCC#CCOS(=O)[O-]. The van der Waals surface area contributed by atoms with E-state index in [9.17, 15) is 17.2 Å². The highest BCUT2D eigenvalue weighted by Gasteiger charge is 2.24. The van der Waals surface area contributed by atoms with Crippen LogP contribution in [0.2, 0.25) is 19.6 Å². The van der Waals surface area contributed by atoms with Gasteiger partial charge in [0.05, 0.1) is 11.4 Å². The zero-order valence-corrected chi connectivity index (χ0v) is 12.2. The monoisotopic (exact) mass is 301 g/mol. The van der Waals surface area contributed by atoms with E-state index in [4.69, 9.17) is 3.87 Å². The summed E-state index contributed by atoms with van der Waals surface area (Å²) >= 11 is -2.63. The standard InChI is InChI=1S/C7H14O7S2Si/c1-17(2,3)14-16(10,11)13-7-5-4-6-12-15(8)9/h6-7H2,1-3H3,(H,8,9)/p-1. The Morgan fingerprint density at radius 3 is 2.24 bits per heavy atom. The van der Waals surface area contributed by atoms with Crippen molar-refractivity contribution in [3.8, 4) is 11.8 Å². The predicted octanol–water partition coefficient (Wildman–Crippen LogP) is -0.0866. The molecule has 0 aromatic rings. The third-order valence-electron chi connectivity index (χ3n) is 0.980. The predicted molar refractivity (Wildman–Crippen MR) is 62.0 cm³/mol. The summed E-state index contributed by atoms with van der Waals surface area (Å²) in [6.07, 6.45) is 0. The molecule has 0 fully saturated rings. The van der Waals surface area contributed by atoms with Gasteiger partial charge in [-0.25, -0.2) is 8.39 Å². The van der Waals surface area contributed by atoms with Crippen LogP contribution in [-0.4, -0.2) is 38.7 Å². The van der Waals surface area contributed by atoms with Gasteiger partial charge >= 0.3 is 10.4 Å². The van der Waals surface area contributed by atoms with Crippen LogP contribution in [-0.2, 0) is 34.0 Å². The van der Waals surface area contributed by atoms with E-state index in [1.807, 2.05) is 0 Å².